The van der Waals surface area contributed by atoms with Crippen molar-refractivity contribution in [1.29, 1.82) is 0 Å². The van der Waals surface area contributed by atoms with Gasteiger partial charge in [-0.1, -0.05) is 6.92 Å². The molecule has 0 fully saturated rings. The van der Waals surface area contributed by atoms with Gasteiger partial charge in [-0.2, -0.15) is 0 Å². The van der Waals surface area contributed by atoms with Crippen LogP contribution >= 0.6 is 27.3 Å². The SMILES string of the molecule is CCc1cnc2c(Br)c(NC(=O)OC(C)(C)C)sc2c1. The Morgan fingerprint density at radius 1 is 1.50 bits per heavy atom. The minimum Gasteiger partial charge on any atom is -0.444 e. The van der Waals surface area contributed by atoms with Crippen LogP contribution in [-0.4, -0.2) is 16.7 Å². The fraction of sp³-hybridized carbons (Fsp3) is 0.429. The molecule has 2 heterocycles. The number of fused-ring (bicyclic) bond motifs is 1. The summed E-state index contributed by atoms with van der Waals surface area (Å²) in [6.45, 7) is 7.59. The van der Waals surface area contributed by atoms with Gasteiger partial charge in [-0.05, 0) is 54.8 Å². The number of nitrogens with zero attached hydrogens (tertiary/aromatic N) is 1. The normalized spacial score (nSPS) is 11.7. The fourth-order valence-electron chi connectivity index (χ4n) is 1.66. The van der Waals surface area contributed by atoms with E-state index < -0.39 is 11.7 Å². The van der Waals surface area contributed by atoms with Crippen LogP contribution in [0.25, 0.3) is 10.2 Å². The van der Waals surface area contributed by atoms with E-state index in [1.54, 1.807) is 0 Å². The van der Waals surface area contributed by atoms with Crippen LogP contribution in [0.3, 0.4) is 0 Å². The number of pyridine rings is 1. The molecule has 1 amide bonds. The molecule has 2 aromatic heterocycles. The summed E-state index contributed by atoms with van der Waals surface area (Å²) in [5.74, 6) is 0. The van der Waals surface area contributed by atoms with E-state index in [4.69, 9.17) is 4.74 Å². The molecule has 0 atom stereocenters. The molecule has 4 nitrogen and oxygen atoms in total. The van der Waals surface area contributed by atoms with Crippen LogP contribution < -0.4 is 5.32 Å². The summed E-state index contributed by atoms with van der Waals surface area (Å²) >= 11 is 4.97. The highest BCUT2D eigenvalue weighted by Gasteiger charge is 2.19. The molecular weight excluding hydrogens is 340 g/mol. The zero-order valence-corrected chi connectivity index (χ0v) is 14.3. The summed E-state index contributed by atoms with van der Waals surface area (Å²) in [6.07, 6.45) is 2.34. The number of ether oxygens (including phenoxy) is 1. The van der Waals surface area contributed by atoms with Gasteiger partial charge in [0.25, 0.3) is 0 Å². The van der Waals surface area contributed by atoms with Gasteiger partial charge in [0, 0.05) is 6.20 Å². The lowest BCUT2D eigenvalue weighted by molar-refractivity contribution is 0.0636. The number of aromatic nitrogens is 1. The Morgan fingerprint density at radius 2 is 2.20 bits per heavy atom. The summed E-state index contributed by atoms with van der Waals surface area (Å²) in [7, 11) is 0. The fourth-order valence-corrected chi connectivity index (χ4v) is 3.45. The Kier molecular flexibility index (Phi) is 4.34. The number of aryl methyl sites for hydroxylation is 1. The highest BCUT2D eigenvalue weighted by molar-refractivity contribution is 9.10. The number of thiophene rings is 1. The topological polar surface area (TPSA) is 51.2 Å². The summed E-state index contributed by atoms with van der Waals surface area (Å²) in [4.78, 5) is 16.2. The van der Waals surface area contributed by atoms with E-state index in [9.17, 15) is 4.79 Å². The monoisotopic (exact) mass is 356 g/mol. The van der Waals surface area contributed by atoms with Crippen molar-refractivity contribution in [3.05, 3.63) is 22.3 Å². The third-order valence-electron chi connectivity index (χ3n) is 2.55. The largest absolute Gasteiger partial charge is 0.444 e. The van der Waals surface area contributed by atoms with Crippen LogP contribution in [0.4, 0.5) is 9.80 Å². The summed E-state index contributed by atoms with van der Waals surface area (Å²) in [5, 5.41) is 3.48. The van der Waals surface area contributed by atoms with Crippen LogP contribution in [0, 0.1) is 0 Å². The van der Waals surface area contributed by atoms with Crippen molar-refractivity contribution in [2.45, 2.75) is 39.7 Å². The smallest absolute Gasteiger partial charge is 0.412 e. The summed E-state index contributed by atoms with van der Waals surface area (Å²) < 4.78 is 7.09. The second kappa shape index (κ2) is 5.69. The molecular formula is C14H17BrN2O2S. The average molecular weight is 357 g/mol. The first-order valence-electron chi connectivity index (χ1n) is 6.37. The van der Waals surface area contributed by atoms with E-state index in [1.807, 2.05) is 27.0 Å². The Balaban J connectivity index is 2.27. The van der Waals surface area contributed by atoms with Crippen molar-refractivity contribution in [1.82, 2.24) is 4.98 Å². The van der Waals surface area contributed by atoms with Crippen LogP contribution in [0.5, 0.6) is 0 Å². The Morgan fingerprint density at radius 3 is 2.80 bits per heavy atom. The van der Waals surface area contributed by atoms with Crippen molar-refractivity contribution < 1.29 is 9.53 Å². The molecule has 20 heavy (non-hydrogen) atoms. The lowest BCUT2D eigenvalue weighted by Gasteiger charge is -2.19. The van der Waals surface area contributed by atoms with Gasteiger partial charge in [-0.3, -0.25) is 10.3 Å². The van der Waals surface area contributed by atoms with E-state index in [0.717, 1.165) is 26.1 Å². The average Bonchev–Trinajstić information content (AvgIpc) is 2.63. The number of nitrogens with one attached hydrogen (secondary N) is 1. The third-order valence-corrected chi connectivity index (χ3v) is 4.63. The quantitative estimate of drug-likeness (QED) is 0.826. The molecule has 1 N–H and O–H groups in total. The first kappa shape index (κ1) is 15.3. The lowest BCUT2D eigenvalue weighted by Crippen LogP contribution is -2.27. The number of amides is 1. The zero-order valence-electron chi connectivity index (χ0n) is 11.9. The van der Waals surface area contributed by atoms with E-state index in [0.29, 0.717) is 0 Å². The number of rotatable bonds is 2. The zero-order chi connectivity index (χ0) is 14.9. The van der Waals surface area contributed by atoms with Crippen LogP contribution in [-0.2, 0) is 11.2 Å². The highest BCUT2D eigenvalue weighted by atomic mass is 79.9. The second-order valence-electron chi connectivity index (χ2n) is 5.42. The number of anilines is 1. The van der Waals surface area contributed by atoms with Gasteiger partial charge < -0.3 is 4.74 Å². The Labute approximate surface area is 130 Å². The molecule has 0 unspecified atom stereocenters. The molecule has 0 saturated heterocycles. The van der Waals surface area contributed by atoms with Gasteiger partial charge in [0.2, 0.25) is 0 Å². The predicted octanol–water partition coefficient (Wildman–Crippen LogP) is 4.97. The lowest BCUT2D eigenvalue weighted by atomic mass is 10.2. The molecule has 0 aromatic carbocycles. The molecule has 108 valence electrons. The summed E-state index contributed by atoms with van der Waals surface area (Å²) in [5.41, 5.74) is 1.52. The van der Waals surface area contributed by atoms with Gasteiger partial charge in [0.05, 0.1) is 14.7 Å². The van der Waals surface area contributed by atoms with Crippen molar-refractivity contribution in [3.8, 4) is 0 Å². The molecule has 0 aliphatic carbocycles. The van der Waals surface area contributed by atoms with Gasteiger partial charge in [-0.15, -0.1) is 11.3 Å². The number of hydrogen-bond donors (Lipinski definition) is 1. The standard InChI is InChI=1S/C14H17BrN2O2S/c1-5-8-6-9-11(16-7-8)10(15)12(20-9)17-13(18)19-14(2,3)4/h6-7H,5H2,1-4H3,(H,17,18). The highest BCUT2D eigenvalue weighted by Crippen LogP contribution is 2.39. The number of halogens is 1. The molecule has 2 rings (SSSR count). The third kappa shape index (κ3) is 3.49. The minimum absolute atomic E-state index is 0.458. The maximum atomic E-state index is 11.8. The van der Waals surface area contributed by atoms with Crippen molar-refractivity contribution in [2.24, 2.45) is 0 Å². The van der Waals surface area contributed by atoms with Gasteiger partial charge in [0.15, 0.2) is 0 Å². The number of carbonyl (C=O) groups excluding carboxylic acids is 1. The molecule has 0 spiro atoms. The minimum atomic E-state index is -0.513. The van der Waals surface area contributed by atoms with E-state index in [1.165, 1.54) is 16.9 Å². The number of carbonyl (C=O) groups is 1. The first-order chi connectivity index (χ1) is 9.30. The van der Waals surface area contributed by atoms with Crippen LogP contribution in [0.1, 0.15) is 33.3 Å². The van der Waals surface area contributed by atoms with Gasteiger partial charge in [-0.25, -0.2) is 4.79 Å². The molecule has 2 aromatic rings. The number of hydrogen-bond acceptors (Lipinski definition) is 4. The van der Waals surface area contributed by atoms with Crippen LogP contribution in [0.2, 0.25) is 0 Å². The second-order valence-corrected chi connectivity index (χ2v) is 7.26. The van der Waals surface area contributed by atoms with Gasteiger partial charge >= 0.3 is 6.09 Å². The van der Waals surface area contributed by atoms with Crippen molar-refractivity contribution >= 4 is 48.6 Å². The molecule has 0 bridgehead atoms. The molecule has 6 heteroatoms. The molecule has 0 radical (unpaired) electrons. The van der Waals surface area contributed by atoms with E-state index >= 15 is 0 Å². The molecule has 0 saturated carbocycles. The van der Waals surface area contributed by atoms with Crippen molar-refractivity contribution in [3.63, 3.8) is 0 Å². The van der Waals surface area contributed by atoms with Crippen LogP contribution in [0.15, 0.2) is 16.7 Å². The Bertz CT molecular complexity index is 646. The van der Waals surface area contributed by atoms with Gasteiger partial charge in [0.1, 0.15) is 10.6 Å². The summed E-state index contributed by atoms with van der Waals surface area (Å²) in [6, 6.07) is 2.10. The molecule has 0 aliphatic rings. The Hall–Kier alpha value is -1.14. The maximum Gasteiger partial charge on any atom is 0.412 e. The van der Waals surface area contributed by atoms with Crippen molar-refractivity contribution in [2.75, 3.05) is 5.32 Å². The predicted molar refractivity (Wildman–Crippen MR) is 86.6 cm³/mol. The first-order valence-corrected chi connectivity index (χ1v) is 7.98. The van der Waals surface area contributed by atoms with E-state index in [-0.39, 0.29) is 0 Å². The molecule has 0 aliphatic heterocycles. The van der Waals surface area contributed by atoms with E-state index in [2.05, 4.69) is 39.2 Å². The maximum absolute atomic E-state index is 11.8.